The van der Waals surface area contributed by atoms with Crippen LogP contribution < -0.4 is 15.4 Å². The Hall–Kier alpha value is -2.05. The lowest BCUT2D eigenvalue weighted by Gasteiger charge is -2.30. The van der Waals surface area contributed by atoms with Crippen molar-refractivity contribution in [3.8, 4) is 5.75 Å². The number of carbonyl (C=O) groups excluding carboxylic acids is 2. The molecule has 0 saturated carbocycles. The van der Waals surface area contributed by atoms with E-state index in [9.17, 15) is 9.59 Å². The Morgan fingerprint density at radius 3 is 2.65 bits per heavy atom. The summed E-state index contributed by atoms with van der Waals surface area (Å²) in [5.74, 6) is 0.0308. The Morgan fingerprint density at radius 1 is 1.23 bits per heavy atom. The zero-order chi connectivity index (χ0) is 18.7. The van der Waals surface area contributed by atoms with Gasteiger partial charge in [0, 0.05) is 11.0 Å². The number of nitrogens with zero attached hydrogens (tertiary/aromatic N) is 1. The van der Waals surface area contributed by atoms with Crippen LogP contribution in [0.2, 0.25) is 5.02 Å². The van der Waals surface area contributed by atoms with Crippen LogP contribution in [-0.2, 0) is 22.4 Å². The minimum absolute atomic E-state index is 0.0823. The van der Waals surface area contributed by atoms with Gasteiger partial charge < -0.3 is 15.4 Å². The Morgan fingerprint density at radius 2 is 1.96 bits per heavy atom. The third-order valence-electron chi connectivity index (χ3n) is 4.17. The minimum Gasteiger partial charge on any atom is -0.484 e. The highest BCUT2D eigenvalue weighted by molar-refractivity contribution is 9.10. The van der Waals surface area contributed by atoms with Crippen LogP contribution in [0.4, 0.5) is 5.69 Å². The van der Waals surface area contributed by atoms with E-state index in [0.717, 1.165) is 34.1 Å². The molecule has 2 amide bonds. The number of ether oxygens (including phenoxy) is 1. The largest absolute Gasteiger partial charge is 0.484 e. The molecule has 26 heavy (non-hydrogen) atoms. The zero-order valence-corrected chi connectivity index (χ0v) is 16.3. The van der Waals surface area contributed by atoms with Gasteiger partial charge in [-0.1, -0.05) is 39.7 Å². The third-order valence-corrected chi connectivity index (χ3v) is 4.92. The Bertz CT molecular complexity index is 839. The van der Waals surface area contributed by atoms with Gasteiger partial charge in [-0.15, -0.1) is 0 Å². The number of halogens is 2. The first-order valence-corrected chi connectivity index (χ1v) is 9.39. The number of hydrogen-bond donors (Lipinski definition) is 1. The summed E-state index contributed by atoms with van der Waals surface area (Å²) in [7, 11) is 0. The van der Waals surface area contributed by atoms with Crippen LogP contribution >= 0.6 is 27.5 Å². The van der Waals surface area contributed by atoms with Gasteiger partial charge >= 0.3 is 0 Å². The van der Waals surface area contributed by atoms with E-state index in [2.05, 4.69) is 15.9 Å². The predicted octanol–water partition coefficient (Wildman–Crippen LogP) is 3.49. The van der Waals surface area contributed by atoms with Crippen molar-refractivity contribution in [2.45, 2.75) is 19.3 Å². The van der Waals surface area contributed by atoms with Gasteiger partial charge in [-0.25, -0.2) is 0 Å². The summed E-state index contributed by atoms with van der Waals surface area (Å²) < 4.78 is 6.51. The fourth-order valence-electron chi connectivity index (χ4n) is 3.03. The van der Waals surface area contributed by atoms with E-state index in [0.29, 0.717) is 17.3 Å². The molecule has 136 valence electrons. The highest BCUT2D eigenvalue weighted by Gasteiger charge is 2.25. The topological polar surface area (TPSA) is 72.6 Å². The number of benzene rings is 2. The molecule has 5 nitrogen and oxygen atoms in total. The van der Waals surface area contributed by atoms with E-state index < -0.39 is 0 Å². The maximum atomic E-state index is 12.7. The highest BCUT2D eigenvalue weighted by Crippen LogP contribution is 2.37. The van der Waals surface area contributed by atoms with Gasteiger partial charge in [0.1, 0.15) is 5.75 Å². The van der Waals surface area contributed by atoms with Gasteiger partial charge in [-0.3, -0.25) is 9.59 Å². The molecular weight excluding hydrogens is 420 g/mol. The van der Waals surface area contributed by atoms with E-state index in [1.54, 1.807) is 35.2 Å². The van der Waals surface area contributed by atoms with Crippen molar-refractivity contribution in [1.29, 1.82) is 0 Å². The van der Waals surface area contributed by atoms with Crippen LogP contribution in [-0.4, -0.2) is 25.0 Å². The molecule has 7 heteroatoms. The molecule has 0 unspecified atom stereocenters. The van der Waals surface area contributed by atoms with E-state index >= 15 is 0 Å². The summed E-state index contributed by atoms with van der Waals surface area (Å²) in [6, 6.07) is 10.8. The summed E-state index contributed by atoms with van der Waals surface area (Å²) in [6.45, 7) is 0.537. The quantitative estimate of drug-likeness (QED) is 0.778. The molecule has 2 aromatic rings. The van der Waals surface area contributed by atoms with Crippen LogP contribution in [0.5, 0.6) is 5.75 Å². The van der Waals surface area contributed by atoms with Gasteiger partial charge in [0.25, 0.3) is 5.91 Å². The number of carbonyl (C=O) groups is 2. The van der Waals surface area contributed by atoms with Gasteiger partial charge in [-0.05, 0) is 48.2 Å². The molecule has 0 radical (unpaired) electrons. The first-order valence-electron chi connectivity index (χ1n) is 8.22. The SMILES string of the molecule is NC(=O)Cc1ccc(OCC(=O)N2CCCc3cc(Br)cc(Cl)c32)cc1. The first-order chi connectivity index (χ1) is 12.4. The average molecular weight is 438 g/mol. The van der Waals surface area contributed by atoms with Crippen LogP contribution in [0, 0.1) is 0 Å². The van der Waals surface area contributed by atoms with Crippen molar-refractivity contribution in [2.75, 3.05) is 18.1 Å². The normalized spacial score (nSPS) is 13.2. The smallest absolute Gasteiger partial charge is 0.264 e. The van der Waals surface area contributed by atoms with Gasteiger partial charge in [0.05, 0.1) is 17.1 Å². The Balaban J connectivity index is 1.67. The molecule has 0 saturated heterocycles. The number of amides is 2. The minimum atomic E-state index is -0.388. The lowest BCUT2D eigenvalue weighted by Crippen LogP contribution is -2.38. The van der Waals surface area contributed by atoms with Crippen LogP contribution in [0.25, 0.3) is 0 Å². The van der Waals surface area contributed by atoms with Gasteiger partial charge in [0.15, 0.2) is 6.61 Å². The number of rotatable bonds is 5. The van der Waals surface area contributed by atoms with Crippen molar-refractivity contribution in [2.24, 2.45) is 5.73 Å². The third kappa shape index (κ3) is 4.37. The Labute approximate surface area is 165 Å². The van der Waals surface area contributed by atoms with Gasteiger partial charge in [0.2, 0.25) is 5.91 Å². The van der Waals surface area contributed by atoms with Crippen LogP contribution in [0.3, 0.4) is 0 Å². The molecule has 0 bridgehead atoms. The van der Waals surface area contributed by atoms with E-state index in [-0.39, 0.29) is 24.8 Å². The summed E-state index contributed by atoms with van der Waals surface area (Å²) in [6.07, 6.45) is 1.95. The number of hydrogen-bond acceptors (Lipinski definition) is 3. The molecule has 0 fully saturated rings. The van der Waals surface area contributed by atoms with Gasteiger partial charge in [-0.2, -0.15) is 0 Å². The first kappa shape index (κ1) is 18.7. The van der Waals surface area contributed by atoms with Crippen LogP contribution in [0.1, 0.15) is 17.5 Å². The van der Waals surface area contributed by atoms with Crippen molar-refractivity contribution >= 4 is 45.0 Å². The lowest BCUT2D eigenvalue weighted by molar-refractivity contribution is -0.120. The average Bonchev–Trinajstić information content (AvgIpc) is 2.59. The summed E-state index contributed by atoms with van der Waals surface area (Å²) in [5.41, 5.74) is 7.80. The van der Waals surface area contributed by atoms with E-state index in [4.69, 9.17) is 22.1 Å². The molecule has 2 aromatic carbocycles. The number of aryl methyl sites for hydroxylation is 1. The summed E-state index contributed by atoms with van der Waals surface area (Å²) >= 11 is 9.80. The van der Waals surface area contributed by atoms with Crippen molar-refractivity contribution in [3.63, 3.8) is 0 Å². The van der Waals surface area contributed by atoms with Crippen molar-refractivity contribution in [1.82, 2.24) is 0 Å². The monoisotopic (exact) mass is 436 g/mol. The maximum absolute atomic E-state index is 12.7. The molecule has 0 atom stereocenters. The molecule has 1 aliphatic heterocycles. The summed E-state index contributed by atoms with van der Waals surface area (Å²) in [5, 5.41) is 0.554. The van der Waals surface area contributed by atoms with E-state index in [1.165, 1.54) is 0 Å². The fourth-order valence-corrected chi connectivity index (χ4v) is 4.01. The Kier molecular flexibility index (Phi) is 5.84. The number of anilines is 1. The second kappa shape index (κ2) is 8.10. The molecule has 3 rings (SSSR count). The standard InChI is InChI=1S/C19H18BrClN2O3/c20-14-9-13-2-1-7-23(19(13)16(21)10-14)18(25)11-26-15-5-3-12(4-6-15)8-17(22)24/h3-6,9-10H,1-2,7-8,11H2,(H2,22,24). The molecule has 0 aliphatic carbocycles. The summed E-state index contributed by atoms with van der Waals surface area (Å²) in [4.78, 5) is 25.3. The number of nitrogens with two attached hydrogens (primary N) is 1. The number of fused-ring (bicyclic) bond motifs is 1. The van der Waals surface area contributed by atoms with E-state index in [1.807, 2.05) is 6.07 Å². The molecule has 0 aromatic heterocycles. The molecule has 1 aliphatic rings. The predicted molar refractivity (Wildman–Crippen MR) is 105 cm³/mol. The molecule has 2 N–H and O–H groups in total. The molecule has 0 spiro atoms. The fraction of sp³-hybridized carbons (Fsp3) is 0.263. The zero-order valence-electron chi connectivity index (χ0n) is 14.0. The maximum Gasteiger partial charge on any atom is 0.264 e. The second-order valence-corrected chi connectivity index (χ2v) is 7.44. The van der Waals surface area contributed by atoms with Crippen molar-refractivity contribution < 1.29 is 14.3 Å². The van der Waals surface area contributed by atoms with Crippen molar-refractivity contribution in [3.05, 3.63) is 57.0 Å². The second-order valence-electron chi connectivity index (χ2n) is 6.12. The molecule has 1 heterocycles. The molecular formula is C19H18BrClN2O3. The highest BCUT2D eigenvalue weighted by atomic mass is 79.9. The lowest BCUT2D eigenvalue weighted by atomic mass is 10.0. The number of primary amides is 1. The van der Waals surface area contributed by atoms with Crippen LogP contribution in [0.15, 0.2) is 40.9 Å².